The van der Waals surface area contributed by atoms with Gasteiger partial charge < -0.3 is 14.6 Å². The van der Waals surface area contributed by atoms with Crippen LogP contribution >= 0.6 is 11.8 Å². The van der Waals surface area contributed by atoms with E-state index < -0.39 is 5.97 Å². The lowest BCUT2D eigenvalue weighted by molar-refractivity contribution is -0.122. The molecule has 0 atom stereocenters. The van der Waals surface area contributed by atoms with Crippen LogP contribution in [-0.2, 0) is 11.4 Å². The fraction of sp³-hybridized carbons (Fsp3) is 0.143. The molecule has 186 valence electrons. The predicted octanol–water partition coefficient (Wildman–Crippen LogP) is 5.47. The average Bonchev–Trinajstić information content (AvgIpc) is 3.21. The summed E-state index contributed by atoms with van der Waals surface area (Å²) in [4.78, 5) is 30.7. The normalized spacial score (nSPS) is 15.2. The number of nitrogens with zero attached hydrogens (tertiary/aromatic N) is 3. The predicted molar refractivity (Wildman–Crippen MR) is 142 cm³/mol. The van der Waals surface area contributed by atoms with E-state index in [-0.39, 0.29) is 18.1 Å². The summed E-state index contributed by atoms with van der Waals surface area (Å²) in [5.41, 5.74) is 2.80. The third-order valence-corrected chi connectivity index (χ3v) is 6.56. The number of carboxylic acids is 1. The first-order chi connectivity index (χ1) is 17.9. The molecule has 0 bridgehead atoms. The number of amides is 1. The summed E-state index contributed by atoms with van der Waals surface area (Å²) >= 11 is 1.25. The van der Waals surface area contributed by atoms with Crippen LogP contribution in [0.3, 0.4) is 0 Å². The Hall–Kier alpha value is -4.55. The molecule has 3 aromatic rings. The molecule has 8 nitrogen and oxygen atoms in total. The molecule has 1 aliphatic rings. The minimum Gasteiger partial charge on any atom is -0.493 e. The fourth-order valence-corrected chi connectivity index (χ4v) is 4.68. The number of methoxy groups -OCH3 is 1. The van der Waals surface area contributed by atoms with E-state index in [1.165, 1.54) is 31.0 Å². The van der Waals surface area contributed by atoms with Gasteiger partial charge in [-0.05, 0) is 72.8 Å². The molecule has 9 heteroatoms. The van der Waals surface area contributed by atoms with E-state index >= 15 is 0 Å². The number of carbonyl (C=O) groups is 2. The number of aromatic carboxylic acids is 1. The Kier molecular flexibility index (Phi) is 7.91. The van der Waals surface area contributed by atoms with Crippen LogP contribution in [0, 0.1) is 11.3 Å². The molecule has 1 N–H and O–H groups in total. The molecule has 3 aromatic carbocycles. The van der Waals surface area contributed by atoms with Crippen molar-refractivity contribution in [2.45, 2.75) is 13.5 Å². The summed E-state index contributed by atoms with van der Waals surface area (Å²) in [5, 5.41) is 18.9. The smallest absolute Gasteiger partial charge is 0.335 e. The summed E-state index contributed by atoms with van der Waals surface area (Å²) in [7, 11) is 1.54. The molecule has 0 spiro atoms. The van der Waals surface area contributed by atoms with Crippen LogP contribution in [0.2, 0.25) is 0 Å². The largest absolute Gasteiger partial charge is 0.493 e. The topological polar surface area (TPSA) is 112 Å². The zero-order chi connectivity index (χ0) is 26.4. The number of rotatable bonds is 8. The van der Waals surface area contributed by atoms with Crippen molar-refractivity contribution in [3.05, 3.63) is 93.9 Å². The summed E-state index contributed by atoms with van der Waals surface area (Å²) in [6.45, 7) is 2.52. The lowest BCUT2D eigenvalue weighted by Crippen LogP contribution is -2.28. The first kappa shape index (κ1) is 25.5. The second kappa shape index (κ2) is 11.5. The van der Waals surface area contributed by atoms with Crippen molar-refractivity contribution in [1.82, 2.24) is 4.90 Å². The van der Waals surface area contributed by atoms with Crippen LogP contribution < -0.4 is 9.47 Å². The second-order valence-electron chi connectivity index (χ2n) is 7.87. The highest BCUT2D eigenvalue weighted by atomic mass is 32.2. The van der Waals surface area contributed by atoms with Crippen molar-refractivity contribution in [2.24, 2.45) is 4.99 Å². The van der Waals surface area contributed by atoms with Gasteiger partial charge in [-0.1, -0.05) is 24.3 Å². The van der Waals surface area contributed by atoms with Crippen LogP contribution in [0.25, 0.3) is 6.08 Å². The monoisotopic (exact) mass is 513 g/mol. The number of carbonyl (C=O) groups excluding carboxylic acids is 1. The van der Waals surface area contributed by atoms with Gasteiger partial charge in [-0.3, -0.25) is 9.69 Å². The van der Waals surface area contributed by atoms with Crippen LogP contribution in [0.5, 0.6) is 11.5 Å². The Labute approximate surface area is 218 Å². The van der Waals surface area contributed by atoms with Gasteiger partial charge in [-0.15, -0.1) is 0 Å². The van der Waals surface area contributed by atoms with Crippen LogP contribution in [0.15, 0.2) is 76.6 Å². The molecule has 1 saturated heterocycles. The van der Waals surface area contributed by atoms with E-state index in [0.717, 1.165) is 11.1 Å². The third kappa shape index (κ3) is 5.82. The van der Waals surface area contributed by atoms with Crippen LogP contribution in [0.4, 0.5) is 5.69 Å². The Bertz CT molecular complexity index is 1440. The molecular weight excluding hydrogens is 490 g/mol. The van der Waals surface area contributed by atoms with Gasteiger partial charge in [0.05, 0.1) is 34.9 Å². The zero-order valence-corrected chi connectivity index (χ0v) is 21.0. The number of amidine groups is 1. The number of benzene rings is 3. The Morgan fingerprint density at radius 3 is 2.57 bits per heavy atom. The van der Waals surface area contributed by atoms with Crippen LogP contribution in [0.1, 0.15) is 34.0 Å². The van der Waals surface area contributed by atoms with Gasteiger partial charge in [0.1, 0.15) is 6.61 Å². The van der Waals surface area contributed by atoms with Crippen LogP contribution in [-0.4, -0.2) is 40.7 Å². The first-order valence-electron chi connectivity index (χ1n) is 11.4. The molecule has 0 saturated carbocycles. The molecule has 0 radical (unpaired) electrons. The standard InChI is InChI=1S/C28H23N3O5S/c1-3-31-26(32)25(37-28(31)30-22-11-9-19(10-12-22)27(33)34)15-18-8-13-23(24(14-18)35-2)36-17-21-7-5-4-6-20(21)16-29/h4-15H,3,17H2,1-2H3,(H,33,34)/b25-15-,30-28?. The number of carboxylic acid groups (broad SMARTS) is 1. The Morgan fingerprint density at radius 2 is 1.89 bits per heavy atom. The van der Waals surface area contributed by atoms with E-state index in [2.05, 4.69) is 11.1 Å². The van der Waals surface area contributed by atoms with E-state index in [4.69, 9.17) is 14.6 Å². The fourth-order valence-electron chi connectivity index (χ4n) is 3.61. The van der Waals surface area contributed by atoms with E-state index in [1.807, 2.05) is 25.1 Å². The maximum atomic E-state index is 13.0. The van der Waals surface area contributed by atoms with E-state index in [0.29, 0.717) is 39.4 Å². The molecular formula is C28H23N3O5S. The van der Waals surface area contributed by atoms with Crippen molar-refractivity contribution in [1.29, 1.82) is 5.26 Å². The van der Waals surface area contributed by atoms with Crippen molar-refractivity contribution < 1.29 is 24.2 Å². The Balaban J connectivity index is 1.54. The zero-order valence-electron chi connectivity index (χ0n) is 20.2. The second-order valence-corrected chi connectivity index (χ2v) is 8.88. The van der Waals surface area contributed by atoms with E-state index in [1.54, 1.807) is 47.4 Å². The highest BCUT2D eigenvalue weighted by Crippen LogP contribution is 2.36. The van der Waals surface area contributed by atoms with E-state index in [9.17, 15) is 14.9 Å². The van der Waals surface area contributed by atoms with Gasteiger partial charge in [-0.25, -0.2) is 9.79 Å². The average molecular weight is 514 g/mol. The lowest BCUT2D eigenvalue weighted by atomic mass is 10.1. The SMILES string of the molecule is CCN1C(=O)/C(=C/c2ccc(OCc3ccccc3C#N)c(OC)c2)SC1=Nc1ccc(C(=O)O)cc1. The summed E-state index contributed by atoms with van der Waals surface area (Å²) < 4.78 is 11.4. The molecule has 1 aliphatic heterocycles. The third-order valence-electron chi connectivity index (χ3n) is 5.55. The van der Waals surface area contributed by atoms with Crippen molar-refractivity contribution >= 4 is 40.6 Å². The minimum atomic E-state index is -1.01. The highest BCUT2D eigenvalue weighted by molar-refractivity contribution is 8.18. The summed E-state index contributed by atoms with van der Waals surface area (Å²) in [5.74, 6) is -0.159. The number of nitriles is 1. The Morgan fingerprint density at radius 1 is 1.14 bits per heavy atom. The van der Waals surface area contributed by atoms with Crippen molar-refractivity contribution in [3.8, 4) is 17.6 Å². The van der Waals surface area contributed by atoms with Gasteiger partial charge in [-0.2, -0.15) is 5.26 Å². The number of hydrogen-bond acceptors (Lipinski definition) is 7. The maximum absolute atomic E-state index is 13.0. The molecule has 1 fully saturated rings. The molecule has 1 amide bonds. The minimum absolute atomic E-state index is 0.166. The van der Waals surface area contributed by atoms with Crippen molar-refractivity contribution in [3.63, 3.8) is 0 Å². The van der Waals surface area contributed by atoms with Gasteiger partial charge in [0.2, 0.25) is 0 Å². The number of ether oxygens (including phenoxy) is 2. The van der Waals surface area contributed by atoms with Gasteiger partial charge in [0.25, 0.3) is 5.91 Å². The molecule has 0 aliphatic carbocycles. The summed E-state index contributed by atoms with van der Waals surface area (Å²) in [6.07, 6.45) is 1.77. The van der Waals surface area contributed by atoms with Gasteiger partial charge in [0, 0.05) is 12.1 Å². The highest BCUT2D eigenvalue weighted by Gasteiger charge is 2.32. The number of thioether (sulfide) groups is 1. The van der Waals surface area contributed by atoms with Crippen molar-refractivity contribution in [2.75, 3.05) is 13.7 Å². The lowest BCUT2D eigenvalue weighted by Gasteiger charge is -2.12. The molecule has 0 unspecified atom stereocenters. The number of aliphatic imine (C=N–C) groups is 1. The molecule has 0 aromatic heterocycles. The first-order valence-corrected chi connectivity index (χ1v) is 12.2. The quantitative estimate of drug-likeness (QED) is 0.398. The van der Waals surface area contributed by atoms with Gasteiger partial charge >= 0.3 is 5.97 Å². The molecule has 1 heterocycles. The van der Waals surface area contributed by atoms with Gasteiger partial charge in [0.15, 0.2) is 16.7 Å². The number of hydrogen-bond donors (Lipinski definition) is 1. The summed E-state index contributed by atoms with van der Waals surface area (Å²) in [6, 6.07) is 20.9. The molecule has 37 heavy (non-hydrogen) atoms. The number of likely N-dealkylation sites (N-methyl/N-ethyl adjacent to an activating group) is 1. The maximum Gasteiger partial charge on any atom is 0.335 e. The molecule has 4 rings (SSSR count).